The number of carboxylic acids is 1. The Kier molecular flexibility index (Phi) is 3.50. The number of hydrogen-bond donors (Lipinski definition) is 3. The summed E-state index contributed by atoms with van der Waals surface area (Å²) in [6.07, 6.45) is 2.52. The number of hydrogen-bond acceptors (Lipinski definition) is 6. The number of carbonyl (C=O) groups excluding carboxylic acids is 1. The van der Waals surface area contributed by atoms with Crippen LogP contribution in [0.2, 0.25) is 0 Å². The monoisotopic (exact) mass is 363 g/mol. The molecule has 8 nitrogen and oxygen atoms in total. The molecule has 1 amide bonds. The molecule has 0 aromatic carbocycles. The Balaban J connectivity index is 1.85. The van der Waals surface area contributed by atoms with E-state index in [4.69, 9.17) is 0 Å². The second-order valence-corrected chi connectivity index (χ2v) is 7.51. The number of nitrogens with zero attached hydrogens (tertiary/aromatic N) is 3. The summed E-state index contributed by atoms with van der Waals surface area (Å²) in [4.78, 5) is 31.1. The molecule has 2 aromatic rings. The average Bonchev–Trinajstić information content (AvgIpc) is 3.16. The molecule has 2 aliphatic heterocycles. The highest BCUT2D eigenvalue weighted by atomic mass is 32.1. The van der Waals surface area contributed by atoms with Crippen LogP contribution < -0.4 is 0 Å². The van der Waals surface area contributed by atoms with Gasteiger partial charge in [0.2, 0.25) is 5.91 Å². The van der Waals surface area contributed by atoms with Crippen LogP contribution in [0.25, 0.3) is 10.4 Å². The molecule has 9 heteroatoms. The zero-order valence-electron chi connectivity index (χ0n) is 13.6. The number of aromatic nitrogens is 2. The van der Waals surface area contributed by atoms with Crippen LogP contribution in [0.3, 0.4) is 0 Å². The number of aliphatic hydroxyl groups is 2. The van der Waals surface area contributed by atoms with Gasteiger partial charge in [-0.3, -0.25) is 9.20 Å². The van der Waals surface area contributed by atoms with Crippen molar-refractivity contribution in [1.82, 2.24) is 14.3 Å². The molecule has 4 heterocycles. The van der Waals surface area contributed by atoms with Crippen LogP contribution in [0.15, 0.2) is 18.2 Å². The van der Waals surface area contributed by atoms with Gasteiger partial charge in [-0.15, -0.1) is 11.3 Å². The molecular weight excluding hydrogens is 346 g/mol. The molecule has 0 saturated carbocycles. The Bertz CT molecular complexity index is 927. The van der Waals surface area contributed by atoms with Gasteiger partial charge in [-0.25, -0.2) is 9.78 Å². The van der Waals surface area contributed by atoms with Crippen molar-refractivity contribution in [2.45, 2.75) is 32.6 Å². The number of fused-ring (bicyclic) bond motifs is 2. The Morgan fingerprint density at radius 2 is 2.20 bits per heavy atom. The molecule has 1 unspecified atom stereocenters. The average molecular weight is 363 g/mol. The van der Waals surface area contributed by atoms with E-state index in [9.17, 15) is 24.9 Å². The van der Waals surface area contributed by atoms with Gasteiger partial charge in [0.25, 0.3) is 0 Å². The summed E-state index contributed by atoms with van der Waals surface area (Å²) >= 11 is 1.34. The minimum atomic E-state index is -1.15. The molecule has 1 saturated heterocycles. The number of imidazole rings is 1. The molecule has 25 heavy (non-hydrogen) atoms. The van der Waals surface area contributed by atoms with E-state index in [1.807, 2.05) is 6.92 Å². The second kappa shape index (κ2) is 5.38. The zero-order chi connectivity index (χ0) is 18.0. The molecule has 4 atom stereocenters. The van der Waals surface area contributed by atoms with Crippen molar-refractivity contribution in [3.05, 3.63) is 28.8 Å². The lowest BCUT2D eigenvalue weighted by atomic mass is 9.77. The molecule has 0 spiro atoms. The van der Waals surface area contributed by atoms with E-state index in [0.29, 0.717) is 11.3 Å². The van der Waals surface area contributed by atoms with Crippen LogP contribution in [0.1, 0.15) is 24.4 Å². The highest BCUT2D eigenvalue weighted by molar-refractivity contribution is 7.18. The van der Waals surface area contributed by atoms with E-state index < -0.39 is 18.0 Å². The summed E-state index contributed by atoms with van der Waals surface area (Å²) in [5, 5.41) is 28.9. The van der Waals surface area contributed by atoms with Crippen molar-refractivity contribution in [1.29, 1.82) is 0 Å². The van der Waals surface area contributed by atoms with Crippen LogP contribution in [-0.4, -0.2) is 53.6 Å². The molecular formula is C16H17N3O5S. The lowest BCUT2D eigenvalue weighted by Gasteiger charge is -2.46. The Hall–Kier alpha value is -2.23. The third kappa shape index (κ3) is 2.03. The van der Waals surface area contributed by atoms with Crippen LogP contribution in [-0.2, 0) is 16.2 Å². The van der Waals surface area contributed by atoms with Crippen molar-refractivity contribution in [3.63, 3.8) is 0 Å². The largest absolute Gasteiger partial charge is 0.477 e. The fraction of sp³-hybridized carbons (Fsp3) is 0.438. The third-order valence-corrected chi connectivity index (χ3v) is 6.26. The maximum atomic E-state index is 12.4. The SMILES string of the molecule is C[C@H]1C(c2cn3cnc(CO)c3s2)=C(C(=O)O)N2C(=O)[C@H]([C@@H](C)O)C12. The molecule has 2 aliphatic rings. The summed E-state index contributed by atoms with van der Waals surface area (Å²) in [6.45, 7) is 3.23. The van der Waals surface area contributed by atoms with E-state index >= 15 is 0 Å². The van der Waals surface area contributed by atoms with E-state index in [1.54, 1.807) is 23.8 Å². The lowest BCUT2D eigenvalue weighted by molar-refractivity contribution is -0.163. The molecule has 2 aromatic heterocycles. The maximum absolute atomic E-state index is 12.4. The normalized spacial score (nSPS) is 27.0. The number of carbonyl (C=O) groups is 2. The van der Waals surface area contributed by atoms with Crippen LogP contribution in [0.5, 0.6) is 0 Å². The Morgan fingerprint density at radius 1 is 1.48 bits per heavy atom. The van der Waals surface area contributed by atoms with E-state index in [-0.39, 0.29) is 30.2 Å². The Morgan fingerprint density at radius 3 is 2.80 bits per heavy atom. The molecule has 0 bridgehead atoms. The fourth-order valence-corrected chi connectivity index (χ4v) is 5.18. The first-order valence-corrected chi connectivity index (χ1v) is 8.73. The smallest absolute Gasteiger partial charge is 0.352 e. The van der Waals surface area contributed by atoms with Crippen molar-refractivity contribution >= 4 is 33.6 Å². The highest BCUT2D eigenvalue weighted by Crippen LogP contribution is 2.51. The first-order chi connectivity index (χ1) is 11.9. The summed E-state index contributed by atoms with van der Waals surface area (Å²) in [5.74, 6) is -2.29. The van der Waals surface area contributed by atoms with Crippen LogP contribution >= 0.6 is 11.3 Å². The first-order valence-electron chi connectivity index (χ1n) is 7.92. The summed E-state index contributed by atoms with van der Waals surface area (Å²) in [5.41, 5.74) is 1.11. The van der Waals surface area contributed by atoms with Crippen LogP contribution in [0, 0.1) is 11.8 Å². The number of aliphatic hydroxyl groups excluding tert-OH is 2. The van der Waals surface area contributed by atoms with E-state index in [2.05, 4.69) is 4.98 Å². The van der Waals surface area contributed by atoms with Gasteiger partial charge >= 0.3 is 5.97 Å². The summed E-state index contributed by atoms with van der Waals surface area (Å²) in [7, 11) is 0. The van der Waals surface area contributed by atoms with Crippen LogP contribution in [0.4, 0.5) is 0 Å². The van der Waals surface area contributed by atoms with Gasteiger partial charge in [0.05, 0.1) is 29.5 Å². The second-order valence-electron chi connectivity index (χ2n) is 6.48. The van der Waals surface area contributed by atoms with Gasteiger partial charge in [-0.1, -0.05) is 6.92 Å². The molecule has 1 fully saturated rings. The predicted molar refractivity (Wildman–Crippen MR) is 88.5 cm³/mol. The zero-order valence-corrected chi connectivity index (χ0v) is 14.4. The first kappa shape index (κ1) is 16.2. The van der Waals surface area contributed by atoms with Crippen molar-refractivity contribution in [2.75, 3.05) is 0 Å². The number of aliphatic carboxylic acids is 1. The van der Waals surface area contributed by atoms with Gasteiger partial charge in [-0.2, -0.15) is 0 Å². The number of amides is 1. The lowest BCUT2D eigenvalue weighted by Crippen LogP contribution is -2.63. The van der Waals surface area contributed by atoms with Crippen molar-refractivity contribution in [3.8, 4) is 0 Å². The van der Waals surface area contributed by atoms with Gasteiger partial charge in [0.1, 0.15) is 22.5 Å². The number of carboxylic acid groups (broad SMARTS) is 1. The molecule has 3 N–H and O–H groups in total. The summed E-state index contributed by atoms with van der Waals surface area (Å²) in [6, 6.07) is -0.342. The van der Waals surface area contributed by atoms with Gasteiger partial charge in [0, 0.05) is 17.7 Å². The number of rotatable bonds is 4. The number of thiazole rings is 1. The van der Waals surface area contributed by atoms with E-state index in [0.717, 1.165) is 9.71 Å². The molecule has 0 radical (unpaired) electrons. The summed E-state index contributed by atoms with van der Waals surface area (Å²) < 4.78 is 1.74. The van der Waals surface area contributed by atoms with Crippen molar-refractivity contribution in [2.24, 2.45) is 11.8 Å². The quantitative estimate of drug-likeness (QED) is 0.683. The number of β-lactam (4-membered cyclic amide) rings is 1. The predicted octanol–water partition coefficient (Wildman–Crippen LogP) is 0.541. The van der Waals surface area contributed by atoms with Gasteiger partial charge < -0.3 is 20.2 Å². The molecule has 0 aliphatic carbocycles. The maximum Gasteiger partial charge on any atom is 0.352 e. The fourth-order valence-electron chi connectivity index (χ4n) is 3.98. The standard InChI is InChI=1S/C16H17N3O5S/c1-6-10(9-3-18-5-17-8(4-20)15(18)25-9)13(16(23)24)19-12(6)11(7(2)21)14(19)22/h3,5-7,11-12,20-21H,4H2,1-2H3,(H,23,24)/t6-,7+,11+,12?/m0/s1. The molecule has 4 rings (SSSR count). The van der Waals surface area contributed by atoms with E-state index in [1.165, 1.54) is 16.2 Å². The molecule has 132 valence electrons. The third-order valence-electron chi connectivity index (χ3n) is 5.07. The minimum absolute atomic E-state index is 0.0117. The van der Waals surface area contributed by atoms with Gasteiger partial charge in [0.15, 0.2) is 0 Å². The van der Waals surface area contributed by atoms with Crippen molar-refractivity contribution < 1.29 is 24.9 Å². The topological polar surface area (TPSA) is 115 Å². The minimum Gasteiger partial charge on any atom is -0.477 e. The van der Waals surface area contributed by atoms with Gasteiger partial charge in [-0.05, 0) is 6.92 Å². The Labute approximate surface area is 146 Å². The highest BCUT2D eigenvalue weighted by Gasteiger charge is 2.60.